The highest BCUT2D eigenvalue weighted by atomic mass is 19.3. The lowest BCUT2D eigenvalue weighted by Crippen LogP contribution is -2.32. The first-order valence-electron chi connectivity index (χ1n) is 6.01. The van der Waals surface area contributed by atoms with Gasteiger partial charge in [-0.15, -0.1) is 0 Å². The van der Waals surface area contributed by atoms with Crippen molar-refractivity contribution in [3.63, 3.8) is 0 Å². The van der Waals surface area contributed by atoms with Crippen molar-refractivity contribution in [2.24, 2.45) is 5.92 Å². The van der Waals surface area contributed by atoms with E-state index in [1.54, 1.807) is 20.8 Å². The fourth-order valence-electron chi connectivity index (χ4n) is 1.91. The zero-order valence-corrected chi connectivity index (χ0v) is 10.7. The Kier molecular flexibility index (Phi) is 4.47. The van der Waals surface area contributed by atoms with E-state index >= 15 is 0 Å². The summed E-state index contributed by atoms with van der Waals surface area (Å²) in [4.78, 5) is 11.6. The molecule has 0 aromatic heterocycles. The normalized spacial score (nSPS) is 25.1. The minimum absolute atomic E-state index is 0.202. The standard InChI is InChI=1S/C12H21F2NO2/c1-11(2,3)17-10(16)8-9-4-6-15-7-5-12(9,13)14/h9,15H,4-8H2,1-3H3. The van der Waals surface area contributed by atoms with Gasteiger partial charge in [-0.05, 0) is 33.7 Å². The van der Waals surface area contributed by atoms with Crippen molar-refractivity contribution < 1.29 is 18.3 Å². The Morgan fingerprint density at radius 2 is 2.06 bits per heavy atom. The third kappa shape index (κ3) is 4.98. The molecule has 1 aliphatic rings. The van der Waals surface area contributed by atoms with E-state index in [0.717, 1.165) is 0 Å². The van der Waals surface area contributed by atoms with Gasteiger partial charge in [-0.2, -0.15) is 0 Å². The van der Waals surface area contributed by atoms with Crippen LogP contribution in [0.1, 0.15) is 40.0 Å². The molecule has 0 aromatic rings. The zero-order chi connectivity index (χ0) is 13.1. The number of halogens is 2. The van der Waals surface area contributed by atoms with Crippen LogP contribution in [0.15, 0.2) is 0 Å². The molecule has 1 heterocycles. The lowest BCUT2D eigenvalue weighted by Gasteiger charge is -2.26. The second-order valence-corrected chi connectivity index (χ2v) is 5.54. The van der Waals surface area contributed by atoms with Crippen LogP contribution < -0.4 is 5.32 Å². The molecule has 0 bridgehead atoms. The van der Waals surface area contributed by atoms with E-state index in [1.807, 2.05) is 0 Å². The maximum absolute atomic E-state index is 13.7. The Labute approximate surface area is 101 Å². The molecule has 0 aromatic carbocycles. The molecule has 1 aliphatic heterocycles. The number of rotatable bonds is 2. The lowest BCUT2D eigenvalue weighted by molar-refractivity contribution is -0.160. The highest BCUT2D eigenvalue weighted by Crippen LogP contribution is 2.34. The number of esters is 1. The van der Waals surface area contributed by atoms with E-state index in [2.05, 4.69) is 5.32 Å². The third-order valence-electron chi connectivity index (χ3n) is 2.74. The monoisotopic (exact) mass is 249 g/mol. The first-order chi connectivity index (χ1) is 7.71. The fourth-order valence-corrected chi connectivity index (χ4v) is 1.91. The first kappa shape index (κ1) is 14.4. The number of hydrogen-bond acceptors (Lipinski definition) is 3. The van der Waals surface area contributed by atoms with Gasteiger partial charge in [-0.25, -0.2) is 8.78 Å². The second-order valence-electron chi connectivity index (χ2n) is 5.54. The largest absolute Gasteiger partial charge is 0.460 e. The summed E-state index contributed by atoms with van der Waals surface area (Å²) >= 11 is 0. The highest BCUT2D eigenvalue weighted by molar-refractivity contribution is 5.70. The Morgan fingerprint density at radius 1 is 1.41 bits per heavy atom. The van der Waals surface area contributed by atoms with Gasteiger partial charge < -0.3 is 10.1 Å². The molecule has 3 nitrogen and oxygen atoms in total. The smallest absolute Gasteiger partial charge is 0.306 e. The van der Waals surface area contributed by atoms with Crippen molar-refractivity contribution in [3.05, 3.63) is 0 Å². The van der Waals surface area contributed by atoms with Crippen molar-refractivity contribution in [3.8, 4) is 0 Å². The van der Waals surface area contributed by atoms with Crippen molar-refractivity contribution in [2.45, 2.75) is 51.6 Å². The van der Waals surface area contributed by atoms with Gasteiger partial charge >= 0.3 is 5.97 Å². The molecular weight excluding hydrogens is 228 g/mol. The topological polar surface area (TPSA) is 38.3 Å². The molecule has 0 spiro atoms. The van der Waals surface area contributed by atoms with Gasteiger partial charge in [0.2, 0.25) is 0 Å². The van der Waals surface area contributed by atoms with Crippen LogP contribution in [0.25, 0.3) is 0 Å². The summed E-state index contributed by atoms with van der Waals surface area (Å²) < 4.78 is 32.4. The van der Waals surface area contributed by atoms with Crippen LogP contribution >= 0.6 is 0 Å². The molecule has 1 N–H and O–H groups in total. The summed E-state index contributed by atoms with van der Waals surface area (Å²) in [6, 6.07) is 0. The summed E-state index contributed by atoms with van der Waals surface area (Å²) in [5, 5.41) is 2.92. The first-order valence-corrected chi connectivity index (χ1v) is 6.01. The van der Waals surface area contributed by atoms with Gasteiger partial charge in [-0.3, -0.25) is 4.79 Å². The minimum atomic E-state index is -2.78. The number of nitrogens with one attached hydrogen (secondary N) is 1. The molecule has 100 valence electrons. The van der Waals surface area contributed by atoms with Crippen molar-refractivity contribution in [1.82, 2.24) is 5.32 Å². The number of carbonyl (C=O) groups excluding carboxylic acids is 1. The average Bonchev–Trinajstić information content (AvgIpc) is 2.25. The van der Waals surface area contributed by atoms with E-state index in [-0.39, 0.29) is 12.8 Å². The van der Waals surface area contributed by atoms with Crippen LogP contribution in [-0.2, 0) is 9.53 Å². The van der Waals surface area contributed by atoms with Crippen LogP contribution in [0.4, 0.5) is 8.78 Å². The molecule has 1 saturated heterocycles. The summed E-state index contributed by atoms with van der Waals surface area (Å²) in [5.41, 5.74) is -0.616. The maximum atomic E-state index is 13.7. The molecule has 1 rings (SSSR count). The molecule has 0 saturated carbocycles. The number of hydrogen-bond donors (Lipinski definition) is 1. The molecule has 0 amide bonds. The van der Waals surface area contributed by atoms with Gasteiger partial charge in [-0.1, -0.05) is 0 Å². The number of alkyl halides is 2. The molecule has 1 atom stereocenters. The molecule has 1 unspecified atom stereocenters. The van der Waals surface area contributed by atoms with Gasteiger partial charge in [0.15, 0.2) is 0 Å². The van der Waals surface area contributed by atoms with Gasteiger partial charge in [0, 0.05) is 18.9 Å². The quantitative estimate of drug-likeness (QED) is 0.763. The number of carbonyl (C=O) groups is 1. The van der Waals surface area contributed by atoms with Gasteiger partial charge in [0.25, 0.3) is 5.92 Å². The number of ether oxygens (including phenoxy) is 1. The minimum Gasteiger partial charge on any atom is -0.460 e. The summed E-state index contributed by atoms with van der Waals surface area (Å²) in [7, 11) is 0. The van der Waals surface area contributed by atoms with E-state index in [0.29, 0.717) is 19.5 Å². The van der Waals surface area contributed by atoms with Gasteiger partial charge in [0.1, 0.15) is 5.60 Å². The lowest BCUT2D eigenvalue weighted by atomic mass is 9.93. The second kappa shape index (κ2) is 5.29. The Morgan fingerprint density at radius 3 is 2.65 bits per heavy atom. The highest BCUT2D eigenvalue weighted by Gasteiger charge is 2.41. The Hall–Kier alpha value is -0.710. The molecular formula is C12H21F2NO2. The zero-order valence-electron chi connectivity index (χ0n) is 10.7. The predicted octanol–water partition coefficient (Wildman–Crippen LogP) is 2.35. The van der Waals surface area contributed by atoms with Crippen molar-refractivity contribution in [2.75, 3.05) is 13.1 Å². The van der Waals surface area contributed by atoms with Crippen LogP contribution in [0, 0.1) is 5.92 Å². The summed E-state index contributed by atoms with van der Waals surface area (Å²) in [6.07, 6.45) is -0.0986. The van der Waals surface area contributed by atoms with Crippen molar-refractivity contribution in [1.29, 1.82) is 0 Å². The van der Waals surface area contributed by atoms with E-state index in [1.165, 1.54) is 0 Å². The SMILES string of the molecule is CC(C)(C)OC(=O)CC1CCNCCC1(F)F. The Balaban J connectivity index is 2.56. The molecule has 5 heteroatoms. The molecule has 0 aliphatic carbocycles. The van der Waals surface area contributed by atoms with Crippen LogP contribution in [0.5, 0.6) is 0 Å². The predicted molar refractivity (Wildman–Crippen MR) is 61.0 cm³/mol. The molecule has 1 fully saturated rings. The Bertz CT molecular complexity index is 274. The molecule has 17 heavy (non-hydrogen) atoms. The van der Waals surface area contributed by atoms with E-state index < -0.39 is 23.4 Å². The maximum Gasteiger partial charge on any atom is 0.306 e. The average molecular weight is 249 g/mol. The van der Waals surface area contributed by atoms with Crippen molar-refractivity contribution >= 4 is 5.97 Å². The molecule has 0 radical (unpaired) electrons. The summed E-state index contributed by atoms with van der Waals surface area (Å²) in [6.45, 7) is 6.04. The van der Waals surface area contributed by atoms with Crippen LogP contribution in [0.2, 0.25) is 0 Å². The van der Waals surface area contributed by atoms with E-state index in [9.17, 15) is 13.6 Å². The fraction of sp³-hybridized carbons (Fsp3) is 0.917. The van der Waals surface area contributed by atoms with Crippen LogP contribution in [-0.4, -0.2) is 30.6 Å². The van der Waals surface area contributed by atoms with Gasteiger partial charge in [0.05, 0.1) is 6.42 Å². The van der Waals surface area contributed by atoms with Crippen LogP contribution in [0.3, 0.4) is 0 Å². The third-order valence-corrected chi connectivity index (χ3v) is 2.74. The van der Waals surface area contributed by atoms with E-state index in [4.69, 9.17) is 4.74 Å². The summed E-state index contributed by atoms with van der Waals surface area (Å²) in [5.74, 6) is -4.23.